The lowest BCUT2D eigenvalue weighted by molar-refractivity contribution is 0.0692. The van der Waals surface area contributed by atoms with Crippen molar-refractivity contribution in [3.05, 3.63) is 87.9 Å². The Morgan fingerprint density at radius 2 is 1.79 bits per heavy atom. The molecule has 0 aliphatic carbocycles. The van der Waals surface area contributed by atoms with E-state index >= 15 is 0 Å². The number of aromatic nitrogens is 3. The van der Waals surface area contributed by atoms with Gasteiger partial charge in [-0.25, -0.2) is 14.8 Å². The van der Waals surface area contributed by atoms with Crippen molar-refractivity contribution in [3.63, 3.8) is 0 Å². The van der Waals surface area contributed by atoms with Crippen LogP contribution in [0.2, 0.25) is 0 Å². The number of amides is 1. The molecule has 0 radical (unpaired) electrons. The van der Waals surface area contributed by atoms with Gasteiger partial charge < -0.3 is 14.6 Å². The Hall–Kier alpha value is -4.00. The minimum absolute atomic E-state index is 0.0229. The molecule has 0 spiro atoms. The minimum Gasteiger partial charge on any atom is -0.478 e. The minimum atomic E-state index is -1.10. The van der Waals surface area contributed by atoms with Gasteiger partial charge in [-0.05, 0) is 61.2 Å². The summed E-state index contributed by atoms with van der Waals surface area (Å²) in [6.07, 6.45) is 1.54. The molecular weight excluding hydrogens is 428 g/mol. The highest BCUT2D eigenvalue weighted by atomic mass is 16.4. The second-order valence-electron chi connectivity index (χ2n) is 8.74. The van der Waals surface area contributed by atoms with Gasteiger partial charge in [0.25, 0.3) is 5.91 Å². The first-order valence-electron chi connectivity index (χ1n) is 11.5. The van der Waals surface area contributed by atoms with Gasteiger partial charge in [-0.3, -0.25) is 4.79 Å². The Bertz CT molecular complexity index is 1450. The van der Waals surface area contributed by atoms with Gasteiger partial charge in [0.2, 0.25) is 0 Å². The first-order chi connectivity index (χ1) is 16.4. The summed E-state index contributed by atoms with van der Waals surface area (Å²) in [4.78, 5) is 36.1. The number of imidazole rings is 1. The van der Waals surface area contributed by atoms with Gasteiger partial charge in [0, 0.05) is 24.3 Å². The molecule has 3 heterocycles. The molecule has 34 heavy (non-hydrogen) atoms. The van der Waals surface area contributed by atoms with E-state index in [0.29, 0.717) is 13.1 Å². The number of pyridine rings is 1. The number of carbonyl (C=O) groups excluding carboxylic acids is 1. The molecule has 0 saturated carbocycles. The van der Waals surface area contributed by atoms with Crippen LogP contribution in [-0.2, 0) is 19.4 Å². The lowest BCUT2D eigenvalue weighted by atomic mass is 10.1. The standard InChI is InChI=1S/C27H26N4O3/c1-4-23-29-24-16(2)13-17(3)28-25(24)31(23)15-18-9-10-22-19(14-18)11-12-30(22)26(32)20-7-5-6-8-21(20)27(33)34/h5-10,13-14H,4,11-12,15H2,1-3H3,(H,33,34). The van der Waals surface area contributed by atoms with Gasteiger partial charge in [0.1, 0.15) is 11.3 Å². The predicted octanol–water partition coefficient (Wildman–Crippen LogP) is 4.56. The maximum Gasteiger partial charge on any atom is 0.336 e. The number of rotatable bonds is 5. The van der Waals surface area contributed by atoms with Gasteiger partial charge in [-0.2, -0.15) is 0 Å². The first-order valence-corrected chi connectivity index (χ1v) is 11.5. The molecule has 4 aromatic rings. The Kier molecular flexibility index (Phi) is 5.40. The van der Waals surface area contributed by atoms with Crippen LogP contribution in [0.5, 0.6) is 0 Å². The number of carboxylic acids is 1. The second kappa shape index (κ2) is 8.41. The van der Waals surface area contributed by atoms with E-state index in [9.17, 15) is 14.7 Å². The molecule has 1 amide bonds. The van der Waals surface area contributed by atoms with E-state index in [0.717, 1.165) is 57.9 Å². The molecule has 0 atom stereocenters. The van der Waals surface area contributed by atoms with E-state index < -0.39 is 5.97 Å². The van der Waals surface area contributed by atoms with Crippen molar-refractivity contribution in [1.29, 1.82) is 0 Å². The Balaban J connectivity index is 1.47. The molecule has 172 valence electrons. The summed E-state index contributed by atoms with van der Waals surface area (Å²) in [6.45, 7) is 7.34. The van der Waals surface area contributed by atoms with E-state index in [2.05, 4.69) is 30.5 Å². The molecule has 2 aromatic carbocycles. The zero-order valence-electron chi connectivity index (χ0n) is 19.5. The fourth-order valence-electron chi connectivity index (χ4n) is 4.83. The third-order valence-electron chi connectivity index (χ3n) is 6.43. The Labute approximate surface area is 197 Å². The first kappa shape index (κ1) is 21.8. The highest BCUT2D eigenvalue weighted by Gasteiger charge is 2.28. The fraction of sp³-hybridized carbons (Fsp3) is 0.259. The third kappa shape index (κ3) is 3.63. The maximum absolute atomic E-state index is 13.2. The number of benzene rings is 2. The van der Waals surface area contributed by atoms with Crippen LogP contribution in [0.25, 0.3) is 11.2 Å². The number of aryl methyl sites for hydroxylation is 3. The number of carbonyl (C=O) groups is 2. The SMILES string of the molecule is CCc1nc2c(C)cc(C)nc2n1Cc1ccc2c(c1)CCN2C(=O)c1ccccc1C(=O)O. The number of carboxylic acid groups (broad SMARTS) is 1. The smallest absolute Gasteiger partial charge is 0.336 e. The van der Waals surface area contributed by atoms with E-state index in [1.807, 2.05) is 19.1 Å². The van der Waals surface area contributed by atoms with E-state index in [4.69, 9.17) is 9.97 Å². The van der Waals surface area contributed by atoms with Gasteiger partial charge in [-0.15, -0.1) is 0 Å². The average Bonchev–Trinajstić information content (AvgIpc) is 3.40. The monoisotopic (exact) mass is 454 g/mol. The molecule has 1 aliphatic heterocycles. The van der Waals surface area contributed by atoms with Crippen molar-refractivity contribution < 1.29 is 14.7 Å². The predicted molar refractivity (Wildman–Crippen MR) is 131 cm³/mol. The average molecular weight is 455 g/mol. The summed E-state index contributed by atoms with van der Waals surface area (Å²) in [6, 6.07) is 14.6. The number of anilines is 1. The van der Waals surface area contributed by atoms with Crippen LogP contribution in [0.3, 0.4) is 0 Å². The molecule has 0 unspecified atom stereocenters. The van der Waals surface area contributed by atoms with E-state index in [1.54, 1.807) is 23.1 Å². The number of aromatic carboxylic acids is 1. The van der Waals surface area contributed by atoms with Crippen molar-refractivity contribution in [2.45, 2.75) is 40.2 Å². The summed E-state index contributed by atoms with van der Waals surface area (Å²) < 4.78 is 2.18. The second-order valence-corrected chi connectivity index (χ2v) is 8.74. The third-order valence-corrected chi connectivity index (χ3v) is 6.43. The number of fused-ring (bicyclic) bond motifs is 2. The van der Waals surface area contributed by atoms with Crippen LogP contribution in [0.4, 0.5) is 5.69 Å². The zero-order chi connectivity index (χ0) is 24.0. The van der Waals surface area contributed by atoms with Crippen molar-refractivity contribution in [2.24, 2.45) is 0 Å². The topological polar surface area (TPSA) is 88.3 Å². The summed E-state index contributed by atoms with van der Waals surface area (Å²) in [7, 11) is 0. The Morgan fingerprint density at radius 3 is 2.53 bits per heavy atom. The maximum atomic E-state index is 13.2. The van der Waals surface area contributed by atoms with Crippen molar-refractivity contribution in [2.75, 3.05) is 11.4 Å². The van der Waals surface area contributed by atoms with Gasteiger partial charge >= 0.3 is 5.97 Å². The summed E-state index contributed by atoms with van der Waals surface area (Å²) in [5, 5.41) is 9.48. The summed E-state index contributed by atoms with van der Waals surface area (Å²) in [5.41, 5.74) is 7.21. The van der Waals surface area contributed by atoms with Crippen LogP contribution in [0, 0.1) is 13.8 Å². The van der Waals surface area contributed by atoms with Crippen molar-refractivity contribution in [3.8, 4) is 0 Å². The molecule has 7 nitrogen and oxygen atoms in total. The molecule has 0 saturated heterocycles. The quantitative estimate of drug-likeness (QED) is 0.478. The molecular formula is C27H26N4O3. The Morgan fingerprint density at radius 1 is 1.03 bits per heavy atom. The number of hydrogen-bond donors (Lipinski definition) is 1. The summed E-state index contributed by atoms with van der Waals surface area (Å²) in [5.74, 6) is -0.385. The molecule has 0 bridgehead atoms. The van der Waals surface area contributed by atoms with Crippen molar-refractivity contribution >= 4 is 28.7 Å². The molecule has 5 rings (SSSR count). The molecule has 0 fully saturated rings. The number of nitrogens with zero attached hydrogens (tertiary/aromatic N) is 4. The van der Waals surface area contributed by atoms with Crippen LogP contribution >= 0.6 is 0 Å². The fourth-order valence-corrected chi connectivity index (χ4v) is 4.83. The lowest BCUT2D eigenvalue weighted by Gasteiger charge is -2.19. The normalized spacial score (nSPS) is 12.9. The van der Waals surface area contributed by atoms with Crippen molar-refractivity contribution in [1.82, 2.24) is 14.5 Å². The van der Waals surface area contributed by atoms with E-state index in [1.165, 1.54) is 6.07 Å². The molecule has 1 aliphatic rings. The van der Waals surface area contributed by atoms with E-state index in [-0.39, 0.29) is 17.0 Å². The van der Waals surface area contributed by atoms with Crippen LogP contribution < -0.4 is 4.90 Å². The summed E-state index contributed by atoms with van der Waals surface area (Å²) >= 11 is 0. The van der Waals surface area contributed by atoms with Gasteiger partial charge in [0.15, 0.2) is 5.65 Å². The van der Waals surface area contributed by atoms with Gasteiger partial charge in [-0.1, -0.05) is 31.2 Å². The largest absolute Gasteiger partial charge is 0.478 e. The molecule has 1 N–H and O–H groups in total. The van der Waals surface area contributed by atoms with Gasteiger partial charge in [0.05, 0.1) is 17.7 Å². The van der Waals surface area contributed by atoms with Crippen LogP contribution in [0.15, 0.2) is 48.5 Å². The molecule has 7 heteroatoms. The number of hydrogen-bond acceptors (Lipinski definition) is 4. The zero-order valence-corrected chi connectivity index (χ0v) is 19.5. The highest BCUT2D eigenvalue weighted by molar-refractivity contribution is 6.12. The molecule has 2 aromatic heterocycles. The van der Waals surface area contributed by atoms with Crippen LogP contribution in [0.1, 0.15) is 55.8 Å². The lowest BCUT2D eigenvalue weighted by Crippen LogP contribution is -2.30. The van der Waals surface area contributed by atoms with Crippen LogP contribution in [-0.4, -0.2) is 38.1 Å². The highest BCUT2D eigenvalue weighted by Crippen LogP contribution is 2.31.